The first-order chi connectivity index (χ1) is 5.27. The van der Waals surface area contributed by atoms with Gasteiger partial charge in [-0.05, 0) is 43.4 Å². The summed E-state index contributed by atoms with van der Waals surface area (Å²) in [5.74, 6) is 3.05. The van der Waals surface area contributed by atoms with E-state index >= 15 is 0 Å². The van der Waals surface area contributed by atoms with Crippen molar-refractivity contribution in [1.82, 2.24) is 0 Å². The van der Waals surface area contributed by atoms with E-state index in [1.807, 2.05) is 0 Å². The van der Waals surface area contributed by atoms with Crippen LogP contribution in [0.15, 0.2) is 0 Å². The second-order valence-corrected chi connectivity index (χ2v) is 4.81. The molecule has 1 unspecified atom stereocenters. The molecule has 12 heavy (non-hydrogen) atoms. The molecule has 3 atom stereocenters. The standard InChI is InChI=1S/C8H14O2S.Na/c9-11(10)4-3-7-5-8(7)6-1-2-6;/h6-8H,1-5H2,(H,9,10);/q;+1/p-1/t7-,8+;/m1./s1. The first kappa shape index (κ1) is 11.2. The maximum absolute atomic E-state index is 10.2. The Morgan fingerprint density at radius 2 is 2.08 bits per heavy atom. The predicted octanol–water partition coefficient (Wildman–Crippen LogP) is -1.69. The third-order valence-corrected chi connectivity index (χ3v) is 3.43. The first-order valence-electron chi connectivity index (χ1n) is 4.33. The second-order valence-electron chi connectivity index (χ2n) is 3.79. The second kappa shape index (κ2) is 4.56. The van der Waals surface area contributed by atoms with Crippen LogP contribution in [0.1, 0.15) is 25.7 Å². The third kappa shape index (κ3) is 3.11. The Morgan fingerprint density at radius 3 is 2.58 bits per heavy atom. The van der Waals surface area contributed by atoms with E-state index in [1.165, 1.54) is 19.3 Å². The van der Waals surface area contributed by atoms with Gasteiger partial charge in [-0.3, -0.25) is 4.21 Å². The van der Waals surface area contributed by atoms with Crippen LogP contribution >= 0.6 is 0 Å². The van der Waals surface area contributed by atoms with Crippen LogP contribution in [0.25, 0.3) is 0 Å². The van der Waals surface area contributed by atoms with Gasteiger partial charge in [-0.15, -0.1) is 0 Å². The van der Waals surface area contributed by atoms with Gasteiger partial charge in [-0.25, -0.2) is 0 Å². The maximum atomic E-state index is 10.2. The van der Waals surface area contributed by atoms with E-state index in [4.69, 9.17) is 0 Å². The molecule has 0 radical (unpaired) electrons. The predicted molar refractivity (Wildman–Crippen MR) is 42.7 cm³/mol. The van der Waals surface area contributed by atoms with Crippen molar-refractivity contribution in [1.29, 1.82) is 0 Å². The molecule has 2 saturated carbocycles. The van der Waals surface area contributed by atoms with E-state index in [1.54, 1.807) is 0 Å². The fourth-order valence-electron chi connectivity index (χ4n) is 1.95. The van der Waals surface area contributed by atoms with E-state index in [2.05, 4.69) is 0 Å². The average molecular weight is 196 g/mol. The molecule has 0 aliphatic heterocycles. The molecule has 0 spiro atoms. The normalized spacial score (nSPS) is 35.4. The maximum Gasteiger partial charge on any atom is 1.00 e. The van der Waals surface area contributed by atoms with Gasteiger partial charge in [0, 0.05) is 5.75 Å². The van der Waals surface area contributed by atoms with Gasteiger partial charge in [0.05, 0.1) is 0 Å². The largest absolute Gasteiger partial charge is 1.00 e. The molecule has 0 aromatic heterocycles. The Kier molecular flexibility index (Phi) is 4.25. The minimum Gasteiger partial charge on any atom is -0.772 e. The Bertz CT molecular complexity index is 182. The van der Waals surface area contributed by atoms with Gasteiger partial charge in [-0.1, -0.05) is 11.1 Å². The average Bonchev–Trinajstić information content (AvgIpc) is 2.79. The van der Waals surface area contributed by atoms with Crippen LogP contribution in [-0.4, -0.2) is 14.5 Å². The monoisotopic (exact) mass is 196 g/mol. The third-order valence-electron chi connectivity index (χ3n) is 2.86. The fourth-order valence-corrected chi connectivity index (χ4v) is 2.45. The van der Waals surface area contributed by atoms with Crippen molar-refractivity contribution in [3.8, 4) is 0 Å². The summed E-state index contributed by atoms with van der Waals surface area (Å²) in [6, 6.07) is 0. The Labute approximate surface area is 98.1 Å². The summed E-state index contributed by atoms with van der Waals surface area (Å²) in [4.78, 5) is 0. The molecule has 2 aliphatic rings. The molecular formula is C8H13NaO2S. The van der Waals surface area contributed by atoms with Gasteiger partial charge in [-0.2, -0.15) is 0 Å². The summed E-state index contributed by atoms with van der Waals surface area (Å²) in [6.45, 7) is 0. The zero-order chi connectivity index (χ0) is 7.84. The molecule has 0 heterocycles. The van der Waals surface area contributed by atoms with Crippen LogP contribution in [0.4, 0.5) is 0 Å². The summed E-state index contributed by atoms with van der Waals surface area (Å²) in [7, 11) is 0. The number of hydrogen-bond acceptors (Lipinski definition) is 2. The van der Waals surface area contributed by atoms with Crippen molar-refractivity contribution in [2.24, 2.45) is 17.8 Å². The van der Waals surface area contributed by atoms with Crippen LogP contribution in [0.2, 0.25) is 0 Å². The molecule has 4 heteroatoms. The van der Waals surface area contributed by atoms with E-state index < -0.39 is 11.1 Å². The van der Waals surface area contributed by atoms with E-state index in [9.17, 15) is 8.76 Å². The van der Waals surface area contributed by atoms with Crippen molar-refractivity contribution in [2.45, 2.75) is 25.7 Å². The van der Waals surface area contributed by atoms with Gasteiger partial charge in [0.15, 0.2) is 0 Å². The molecular weight excluding hydrogens is 183 g/mol. The van der Waals surface area contributed by atoms with Gasteiger partial charge >= 0.3 is 29.6 Å². The van der Waals surface area contributed by atoms with Gasteiger partial charge in [0.25, 0.3) is 0 Å². The van der Waals surface area contributed by atoms with Crippen molar-refractivity contribution in [3.63, 3.8) is 0 Å². The Morgan fingerprint density at radius 1 is 1.42 bits per heavy atom. The molecule has 2 nitrogen and oxygen atoms in total. The minimum atomic E-state index is -1.80. The van der Waals surface area contributed by atoms with Gasteiger partial charge in [0.1, 0.15) is 0 Å². The molecule has 2 aliphatic carbocycles. The smallest absolute Gasteiger partial charge is 0.772 e. The summed E-state index contributed by atoms with van der Waals surface area (Å²) in [5, 5.41) is 0. The summed E-state index contributed by atoms with van der Waals surface area (Å²) < 4.78 is 20.4. The molecule has 2 fully saturated rings. The van der Waals surface area contributed by atoms with Crippen molar-refractivity contribution in [2.75, 3.05) is 5.75 Å². The van der Waals surface area contributed by atoms with Crippen LogP contribution in [-0.2, 0) is 11.1 Å². The van der Waals surface area contributed by atoms with Crippen molar-refractivity contribution < 1.29 is 38.3 Å². The molecule has 64 valence electrons. The number of rotatable bonds is 4. The first-order valence-corrected chi connectivity index (χ1v) is 5.57. The molecule has 0 bridgehead atoms. The minimum absolute atomic E-state index is 0. The molecule has 2 rings (SSSR count). The number of hydrogen-bond donors (Lipinski definition) is 0. The molecule has 0 aromatic carbocycles. The molecule has 0 N–H and O–H groups in total. The van der Waals surface area contributed by atoms with E-state index in [-0.39, 0.29) is 29.6 Å². The molecule has 0 amide bonds. The van der Waals surface area contributed by atoms with Crippen LogP contribution in [0.3, 0.4) is 0 Å². The molecule has 0 aromatic rings. The Hall–Kier alpha value is 1.11. The Balaban J connectivity index is 0.000000720. The fraction of sp³-hybridized carbons (Fsp3) is 1.00. The van der Waals surface area contributed by atoms with E-state index in [0.29, 0.717) is 5.75 Å². The van der Waals surface area contributed by atoms with Crippen LogP contribution < -0.4 is 29.6 Å². The van der Waals surface area contributed by atoms with Crippen molar-refractivity contribution >= 4 is 11.1 Å². The zero-order valence-corrected chi connectivity index (χ0v) is 10.3. The van der Waals surface area contributed by atoms with Gasteiger partial charge in [0.2, 0.25) is 0 Å². The summed E-state index contributed by atoms with van der Waals surface area (Å²) >= 11 is -1.80. The van der Waals surface area contributed by atoms with Crippen molar-refractivity contribution in [3.05, 3.63) is 0 Å². The van der Waals surface area contributed by atoms with Crippen LogP contribution in [0, 0.1) is 17.8 Å². The quantitative estimate of drug-likeness (QED) is 0.397. The van der Waals surface area contributed by atoms with Crippen LogP contribution in [0.5, 0.6) is 0 Å². The summed E-state index contributed by atoms with van der Waals surface area (Å²) in [5.41, 5.74) is 0. The molecule has 0 saturated heterocycles. The summed E-state index contributed by atoms with van der Waals surface area (Å²) in [6.07, 6.45) is 5.03. The van der Waals surface area contributed by atoms with Gasteiger partial charge < -0.3 is 4.55 Å². The zero-order valence-electron chi connectivity index (χ0n) is 7.49. The topological polar surface area (TPSA) is 40.1 Å². The SMILES string of the molecule is O=S([O-])CC[C@@H]1C[C@H]1C1CC1.[Na+]. The van der Waals surface area contributed by atoms with E-state index in [0.717, 1.165) is 24.2 Å².